The van der Waals surface area contributed by atoms with Gasteiger partial charge in [0.25, 0.3) is 0 Å². The van der Waals surface area contributed by atoms with E-state index in [-0.39, 0.29) is 0 Å². The summed E-state index contributed by atoms with van der Waals surface area (Å²) in [5, 5.41) is 2.08. The van der Waals surface area contributed by atoms with Crippen LogP contribution in [0.1, 0.15) is 16.1 Å². The highest BCUT2D eigenvalue weighted by Gasteiger charge is 2.21. The van der Waals surface area contributed by atoms with Gasteiger partial charge in [-0.1, -0.05) is 54.6 Å². The minimum absolute atomic E-state index is 0.359. The number of piperazine rings is 1. The second-order valence-electron chi connectivity index (χ2n) is 6.79. The Balaban J connectivity index is 1.55. The number of fused-ring (bicyclic) bond motifs is 1. The molecule has 0 amide bonds. The van der Waals surface area contributed by atoms with Crippen LogP contribution in [-0.4, -0.2) is 49.1 Å². The number of nitrogens with zero attached hydrogens (tertiary/aromatic N) is 3. The van der Waals surface area contributed by atoms with Gasteiger partial charge in [0.1, 0.15) is 5.82 Å². The van der Waals surface area contributed by atoms with Crippen LogP contribution >= 0.6 is 0 Å². The molecular weight excluding hydrogens is 338 g/mol. The zero-order valence-electron chi connectivity index (χ0n) is 15.5. The summed E-state index contributed by atoms with van der Waals surface area (Å²) in [6, 6.07) is 20.4. The summed E-state index contributed by atoms with van der Waals surface area (Å²) in [5.41, 5.74) is 1.69. The fourth-order valence-corrected chi connectivity index (χ4v) is 3.59. The minimum atomic E-state index is -0.398. The van der Waals surface area contributed by atoms with E-state index < -0.39 is 5.97 Å². The van der Waals surface area contributed by atoms with Gasteiger partial charge in [0.05, 0.1) is 7.11 Å². The molecule has 0 saturated carbocycles. The van der Waals surface area contributed by atoms with Gasteiger partial charge in [-0.3, -0.25) is 4.90 Å². The monoisotopic (exact) mass is 361 g/mol. The lowest BCUT2D eigenvalue weighted by atomic mass is 10.1. The molecule has 1 aromatic heterocycles. The summed E-state index contributed by atoms with van der Waals surface area (Å²) in [6.45, 7) is 4.66. The predicted molar refractivity (Wildman–Crippen MR) is 107 cm³/mol. The van der Waals surface area contributed by atoms with Crippen LogP contribution < -0.4 is 4.90 Å². The van der Waals surface area contributed by atoms with Crippen LogP contribution in [0.3, 0.4) is 0 Å². The summed E-state index contributed by atoms with van der Waals surface area (Å²) in [5.74, 6) is 0.470. The van der Waals surface area contributed by atoms with Crippen molar-refractivity contribution >= 4 is 22.6 Å². The summed E-state index contributed by atoms with van der Waals surface area (Å²) in [7, 11) is 1.39. The number of ether oxygens (including phenoxy) is 1. The number of pyridine rings is 1. The smallest absolute Gasteiger partial charge is 0.356 e. The van der Waals surface area contributed by atoms with E-state index in [2.05, 4.69) is 45.1 Å². The number of esters is 1. The number of hydrogen-bond acceptors (Lipinski definition) is 5. The number of benzene rings is 2. The molecule has 3 aromatic rings. The third-order valence-electron chi connectivity index (χ3n) is 5.04. The quantitative estimate of drug-likeness (QED) is 0.667. The molecule has 0 aliphatic carbocycles. The Morgan fingerprint density at radius 2 is 1.70 bits per heavy atom. The van der Waals surface area contributed by atoms with Gasteiger partial charge in [0, 0.05) is 38.1 Å². The van der Waals surface area contributed by atoms with Gasteiger partial charge in [-0.25, -0.2) is 9.78 Å². The third kappa shape index (κ3) is 3.78. The Labute approximate surface area is 159 Å². The van der Waals surface area contributed by atoms with Crippen molar-refractivity contribution in [3.8, 4) is 0 Å². The second kappa shape index (κ2) is 7.76. The van der Waals surface area contributed by atoms with Crippen LogP contribution in [-0.2, 0) is 11.3 Å². The van der Waals surface area contributed by atoms with E-state index in [0.717, 1.165) is 49.3 Å². The number of methoxy groups -OCH3 is 1. The average Bonchev–Trinajstić information content (AvgIpc) is 2.73. The van der Waals surface area contributed by atoms with Crippen molar-refractivity contribution in [3.63, 3.8) is 0 Å². The molecule has 27 heavy (non-hydrogen) atoms. The molecule has 0 radical (unpaired) electrons. The number of aromatic nitrogens is 1. The Morgan fingerprint density at radius 1 is 1.00 bits per heavy atom. The highest BCUT2D eigenvalue weighted by molar-refractivity contribution is 5.98. The van der Waals surface area contributed by atoms with E-state index in [0.29, 0.717) is 5.69 Å². The first-order chi connectivity index (χ1) is 13.2. The molecule has 2 heterocycles. The van der Waals surface area contributed by atoms with Crippen LogP contribution in [0.2, 0.25) is 0 Å². The molecule has 1 saturated heterocycles. The molecule has 138 valence electrons. The number of carbonyl (C=O) groups is 1. The molecule has 0 atom stereocenters. The van der Waals surface area contributed by atoms with E-state index in [1.54, 1.807) is 6.07 Å². The molecule has 5 heteroatoms. The SMILES string of the molecule is COC(=O)c1cc2ccccc2c(N2CCN(Cc3ccccc3)CC2)n1. The van der Waals surface area contributed by atoms with Gasteiger partial charge < -0.3 is 9.64 Å². The molecule has 1 aliphatic rings. The van der Waals surface area contributed by atoms with Crippen molar-refractivity contribution in [2.45, 2.75) is 6.54 Å². The van der Waals surface area contributed by atoms with Crippen molar-refractivity contribution in [2.75, 3.05) is 38.2 Å². The van der Waals surface area contributed by atoms with Gasteiger partial charge in [0.2, 0.25) is 0 Å². The minimum Gasteiger partial charge on any atom is -0.464 e. The Kier molecular flexibility index (Phi) is 5.03. The maximum absolute atomic E-state index is 12.0. The van der Waals surface area contributed by atoms with Crippen LogP contribution in [0, 0.1) is 0 Å². The van der Waals surface area contributed by atoms with Crippen LogP contribution in [0.25, 0.3) is 10.8 Å². The van der Waals surface area contributed by atoms with Gasteiger partial charge >= 0.3 is 5.97 Å². The molecule has 5 nitrogen and oxygen atoms in total. The van der Waals surface area contributed by atoms with Gasteiger partial charge in [-0.15, -0.1) is 0 Å². The normalized spacial score (nSPS) is 15.1. The Hall–Kier alpha value is -2.92. The standard InChI is InChI=1S/C22H23N3O2/c1-27-22(26)20-15-18-9-5-6-10-19(18)21(23-20)25-13-11-24(12-14-25)16-17-7-3-2-4-8-17/h2-10,15H,11-14,16H2,1H3. The summed E-state index contributed by atoms with van der Waals surface area (Å²) in [4.78, 5) is 21.4. The molecule has 0 bridgehead atoms. The summed E-state index contributed by atoms with van der Waals surface area (Å²) in [6.07, 6.45) is 0. The first-order valence-electron chi connectivity index (χ1n) is 9.24. The van der Waals surface area contributed by atoms with Gasteiger partial charge in [0.15, 0.2) is 5.69 Å². The maximum atomic E-state index is 12.0. The lowest BCUT2D eigenvalue weighted by Gasteiger charge is -2.36. The van der Waals surface area contributed by atoms with Crippen LogP contribution in [0.4, 0.5) is 5.82 Å². The molecule has 1 aliphatic heterocycles. The predicted octanol–water partition coefficient (Wildman–Crippen LogP) is 3.34. The Bertz CT molecular complexity index is 935. The molecule has 0 N–H and O–H groups in total. The molecule has 2 aromatic carbocycles. The average molecular weight is 361 g/mol. The molecule has 0 unspecified atom stereocenters. The van der Waals surface area contributed by atoms with Crippen molar-refractivity contribution < 1.29 is 9.53 Å². The summed E-state index contributed by atoms with van der Waals surface area (Å²) < 4.78 is 4.88. The third-order valence-corrected chi connectivity index (χ3v) is 5.04. The first-order valence-corrected chi connectivity index (χ1v) is 9.24. The fourth-order valence-electron chi connectivity index (χ4n) is 3.59. The number of anilines is 1. The number of hydrogen-bond donors (Lipinski definition) is 0. The van der Waals surface area contributed by atoms with E-state index in [1.807, 2.05) is 24.3 Å². The number of carbonyl (C=O) groups excluding carboxylic acids is 1. The van der Waals surface area contributed by atoms with Crippen LogP contribution in [0.15, 0.2) is 60.7 Å². The molecule has 0 spiro atoms. The fraction of sp³-hybridized carbons (Fsp3) is 0.273. The maximum Gasteiger partial charge on any atom is 0.356 e. The lowest BCUT2D eigenvalue weighted by Crippen LogP contribution is -2.46. The lowest BCUT2D eigenvalue weighted by molar-refractivity contribution is 0.0594. The van der Waals surface area contributed by atoms with Crippen LogP contribution in [0.5, 0.6) is 0 Å². The molecule has 1 fully saturated rings. The topological polar surface area (TPSA) is 45.7 Å². The Morgan fingerprint density at radius 3 is 2.44 bits per heavy atom. The van der Waals surface area contributed by atoms with Crippen molar-refractivity contribution in [1.29, 1.82) is 0 Å². The highest BCUT2D eigenvalue weighted by Crippen LogP contribution is 2.27. The second-order valence-corrected chi connectivity index (χ2v) is 6.79. The van der Waals surface area contributed by atoms with E-state index in [1.165, 1.54) is 12.7 Å². The molecule has 4 rings (SSSR count). The summed E-state index contributed by atoms with van der Waals surface area (Å²) >= 11 is 0. The zero-order chi connectivity index (χ0) is 18.6. The largest absolute Gasteiger partial charge is 0.464 e. The zero-order valence-corrected chi connectivity index (χ0v) is 15.5. The van der Waals surface area contributed by atoms with Gasteiger partial charge in [-0.2, -0.15) is 0 Å². The first kappa shape index (κ1) is 17.5. The van der Waals surface area contributed by atoms with Crippen molar-refractivity contribution in [3.05, 3.63) is 71.9 Å². The van der Waals surface area contributed by atoms with Crippen molar-refractivity contribution in [2.24, 2.45) is 0 Å². The van der Waals surface area contributed by atoms with E-state index in [9.17, 15) is 4.79 Å². The van der Waals surface area contributed by atoms with Gasteiger partial charge in [-0.05, 0) is 17.0 Å². The van der Waals surface area contributed by atoms with E-state index in [4.69, 9.17) is 4.74 Å². The van der Waals surface area contributed by atoms with E-state index >= 15 is 0 Å². The highest BCUT2D eigenvalue weighted by atomic mass is 16.5. The molecular formula is C22H23N3O2. The number of rotatable bonds is 4. The van der Waals surface area contributed by atoms with Crippen molar-refractivity contribution in [1.82, 2.24) is 9.88 Å².